The van der Waals surface area contributed by atoms with Crippen molar-refractivity contribution in [2.24, 2.45) is 0 Å². The Kier molecular flexibility index (Phi) is 5.38. The lowest BCUT2D eigenvalue weighted by Gasteiger charge is -2.20. The van der Waals surface area contributed by atoms with Gasteiger partial charge in [-0.05, 0) is 25.0 Å². The van der Waals surface area contributed by atoms with Gasteiger partial charge < -0.3 is 10.0 Å². The smallest absolute Gasteiger partial charge is 0.360 e. The van der Waals surface area contributed by atoms with E-state index in [1.54, 1.807) is 24.3 Å². The molecule has 1 N–H and O–H groups in total. The number of carboxylic acids is 1. The molecule has 0 saturated carbocycles. The third kappa shape index (κ3) is 3.39. The maximum atomic E-state index is 11.5. The van der Waals surface area contributed by atoms with Crippen molar-refractivity contribution >= 4 is 23.4 Å². The Morgan fingerprint density at radius 1 is 1.23 bits per heavy atom. The van der Waals surface area contributed by atoms with Gasteiger partial charge in [-0.3, -0.25) is 0 Å². The average Bonchev–Trinajstić information content (AvgIpc) is 2.92. The number of halogens is 1. The second-order valence-corrected chi connectivity index (χ2v) is 5.31. The molecule has 0 aliphatic carbocycles. The van der Waals surface area contributed by atoms with Gasteiger partial charge in [0, 0.05) is 13.1 Å². The second-order valence-electron chi connectivity index (χ2n) is 4.91. The molecule has 1 aromatic heterocycles. The SMILES string of the molecule is CCCN(CCC)c1nn(-c2ccccc2Cl)nc1C(=O)O. The fourth-order valence-corrected chi connectivity index (χ4v) is 2.45. The molecule has 0 aliphatic heterocycles. The number of anilines is 1. The topological polar surface area (TPSA) is 71.2 Å². The lowest BCUT2D eigenvalue weighted by atomic mass is 10.3. The summed E-state index contributed by atoms with van der Waals surface area (Å²) in [7, 11) is 0. The lowest BCUT2D eigenvalue weighted by Crippen LogP contribution is -2.27. The van der Waals surface area contributed by atoms with Crippen molar-refractivity contribution in [2.45, 2.75) is 26.7 Å². The molecular formula is C15H19ClN4O2. The Morgan fingerprint density at radius 2 is 1.86 bits per heavy atom. The molecule has 0 bridgehead atoms. The van der Waals surface area contributed by atoms with Crippen LogP contribution in [-0.4, -0.2) is 39.2 Å². The lowest BCUT2D eigenvalue weighted by molar-refractivity contribution is 0.0690. The van der Waals surface area contributed by atoms with E-state index in [1.807, 2.05) is 18.7 Å². The third-order valence-electron chi connectivity index (χ3n) is 3.15. The zero-order valence-electron chi connectivity index (χ0n) is 12.7. The van der Waals surface area contributed by atoms with E-state index in [2.05, 4.69) is 10.2 Å². The number of carbonyl (C=O) groups is 1. The Bertz CT molecular complexity index is 651. The van der Waals surface area contributed by atoms with E-state index in [4.69, 9.17) is 11.6 Å². The minimum absolute atomic E-state index is 0.0539. The summed E-state index contributed by atoms with van der Waals surface area (Å²) in [6.45, 7) is 5.55. The molecule has 0 atom stereocenters. The average molecular weight is 323 g/mol. The fraction of sp³-hybridized carbons (Fsp3) is 0.400. The number of hydrogen-bond acceptors (Lipinski definition) is 4. The van der Waals surface area contributed by atoms with E-state index in [1.165, 1.54) is 4.80 Å². The predicted molar refractivity (Wildman–Crippen MR) is 86.1 cm³/mol. The quantitative estimate of drug-likeness (QED) is 0.847. The highest BCUT2D eigenvalue weighted by atomic mass is 35.5. The molecule has 1 heterocycles. The van der Waals surface area contributed by atoms with Crippen molar-refractivity contribution in [1.29, 1.82) is 0 Å². The van der Waals surface area contributed by atoms with E-state index in [-0.39, 0.29) is 5.69 Å². The monoisotopic (exact) mass is 322 g/mol. The van der Waals surface area contributed by atoms with Gasteiger partial charge in [-0.2, -0.15) is 0 Å². The van der Waals surface area contributed by atoms with Gasteiger partial charge >= 0.3 is 5.97 Å². The Balaban J connectivity index is 2.50. The molecule has 22 heavy (non-hydrogen) atoms. The predicted octanol–water partition coefficient (Wildman–Crippen LogP) is 3.25. The minimum atomic E-state index is -1.09. The molecule has 0 spiro atoms. The highest BCUT2D eigenvalue weighted by Gasteiger charge is 2.23. The number of carboxylic acid groups (broad SMARTS) is 1. The molecule has 6 nitrogen and oxygen atoms in total. The van der Waals surface area contributed by atoms with Crippen LogP contribution in [0.5, 0.6) is 0 Å². The van der Waals surface area contributed by atoms with Crippen LogP contribution in [0.25, 0.3) is 5.69 Å². The summed E-state index contributed by atoms with van der Waals surface area (Å²) in [6, 6.07) is 7.08. The molecule has 1 aromatic carbocycles. The molecule has 2 rings (SSSR count). The van der Waals surface area contributed by atoms with Gasteiger partial charge in [0.15, 0.2) is 5.82 Å². The number of hydrogen-bond donors (Lipinski definition) is 1. The standard InChI is InChI=1S/C15H19ClN4O2/c1-3-9-19(10-4-2)14-13(15(21)22)17-20(18-14)12-8-6-5-7-11(12)16/h5-8H,3-4,9-10H2,1-2H3,(H,21,22). The third-order valence-corrected chi connectivity index (χ3v) is 3.47. The number of aromatic nitrogens is 3. The fourth-order valence-electron chi connectivity index (χ4n) is 2.24. The van der Waals surface area contributed by atoms with Gasteiger partial charge in [0.2, 0.25) is 5.69 Å². The van der Waals surface area contributed by atoms with Gasteiger partial charge in [-0.1, -0.05) is 37.6 Å². The van der Waals surface area contributed by atoms with Crippen LogP contribution >= 0.6 is 11.6 Å². The summed E-state index contributed by atoms with van der Waals surface area (Å²) in [5.41, 5.74) is 0.507. The molecule has 2 aromatic rings. The summed E-state index contributed by atoms with van der Waals surface area (Å²) in [4.78, 5) is 14.7. The first-order chi connectivity index (χ1) is 10.6. The number of aromatic carboxylic acids is 1. The first-order valence-electron chi connectivity index (χ1n) is 7.29. The van der Waals surface area contributed by atoms with Gasteiger partial charge in [0.1, 0.15) is 5.69 Å². The highest BCUT2D eigenvalue weighted by Crippen LogP contribution is 2.23. The molecule has 0 fully saturated rings. The second kappa shape index (κ2) is 7.26. The van der Waals surface area contributed by atoms with Crippen LogP contribution < -0.4 is 4.90 Å². The molecule has 0 aliphatic rings. The molecule has 118 valence electrons. The molecular weight excluding hydrogens is 304 g/mol. The van der Waals surface area contributed by atoms with E-state index in [0.29, 0.717) is 16.5 Å². The molecule has 0 amide bonds. The highest BCUT2D eigenvalue weighted by molar-refractivity contribution is 6.32. The van der Waals surface area contributed by atoms with Crippen LogP contribution in [0.4, 0.5) is 5.82 Å². The van der Waals surface area contributed by atoms with Gasteiger partial charge in [0.25, 0.3) is 0 Å². The van der Waals surface area contributed by atoms with Crippen molar-refractivity contribution in [3.05, 3.63) is 35.0 Å². The van der Waals surface area contributed by atoms with E-state index in [0.717, 1.165) is 25.9 Å². The maximum absolute atomic E-state index is 11.5. The number of nitrogens with zero attached hydrogens (tertiary/aromatic N) is 4. The molecule has 0 saturated heterocycles. The van der Waals surface area contributed by atoms with Crippen molar-refractivity contribution < 1.29 is 9.90 Å². The number of para-hydroxylation sites is 1. The Labute approximate surface area is 134 Å². The van der Waals surface area contributed by atoms with E-state index >= 15 is 0 Å². The number of rotatable bonds is 7. The molecule has 7 heteroatoms. The number of benzene rings is 1. The van der Waals surface area contributed by atoms with E-state index in [9.17, 15) is 9.90 Å². The zero-order valence-corrected chi connectivity index (χ0v) is 13.4. The largest absolute Gasteiger partial charge is 0.476 e. The Hall–Kier alpha value is -2.08. The van der Waals surface area contributed by atoms with Gasteiger partial charge in [-0.15, -0.1) is 15.0 Å². The maximum Gasteiger partial charge on any atom is 0.360 e. The van der Waals surface area contributed by atoms with Gasteiger partial charge in [-0.25, -0.2) is 4.79 Å². The summed E-state index contributed by atoms with van der Waals surface area (Å²) in [5.74, 6) is -0.707. The van der Waals surface area contributed by atoms with Crippen LogP contribution in [0.3, 0.4) is 0 Å². The molecule has 0 unspecified atom stereocenters. The first kappa shape index (κ1) is 16.3. The van der Waals surface area contributed by atoms with Crippen LogP contribution in [0, 0.1) is 0 Å². The van der Waals surface area contributed by atoms with Crippen molar-refractivity contribution in [3.8, 4) is 5.69 Å². The summed E-state index contributed by atoms with van der Waals surface area (Å²) >= 11 is 6.14. The summed E-state index contributed by atoms with van der Waals surface area (Å²) in [6.07, 6.45) is 1.80. The summed E-state index contributed by atoms with van der Waals surface area (Å²) < 4.78 is 0. The first-order valence-corrected chi connectivity index (χ1v) is 7.66. The van der Waals surface area contributed by atoms with E-state index < -0.39 is 5.97 Å². The van der Waals surface area contributed by atoms with Gasteiger partial charge in [0.05, 0.1) is 5.02 Å². The van der Waals surface area contributed by atoms with Crippen LogP contribution in [0.1, 0.15) is 37.2 Å². The van der Waals surface area contributed by atoms with Crippen molar-refractivity contribution in [3.63, 3.8) is 0 Å². The Morgan fingerprint density at radius 3 is 2.41 bits per heavy atom. The van der Waals surface area contributed by atoms with Crippen molar-refractivity contribution in [1.82, 2.24) is 15.0 Å². The van der Waals surface area contributed by atoms with Crippen molar-refractivity contribution in [2.75, 3.05) is 18.0 Å². The normalized spacial score (nSPS) is 10.7. The minimum Gasteiger partial charge on any atom is -0.476 e. The van der Waals surface area contributed by atoms with Crippen LogP contribution in [0.15, 0.2) is 24.3 Å². The zero-order chi connectivity index (χ0) is 16.1. The summed E-state index contributed by atoms with van der Waals surface area (Å²) in [5, 5.41) is 18.3. The van der Waals surface area contributed by atoms with Crippen LogP contribution in [-0.2, 0) is 0 Å². The molecule has 0 radical (unpaired) electrons. The van der Waals surface area contributed by atoms with Crippen LogP contribution in [0.2, 0.25) is 5.02 Å².